The van der Waals surface area contributed by atoms with Gasteiger partial charge in [0.1, 0.15) is 23.9 Å². The summed E-state index contributed by atoms with van der Waals surface area (Å²) in [4.78, 5) is 25.9. The Hall–Kier alpha value is -3.22. The maximum Gasteiger partial charge on any atom is 0.307 e. The van der Waals surface area contributed by atoms with E-state index in [0.29, 0.717) is 23.6 Å². The smallest absolute Gasteiger partial charge is 0.307 e. The number of benzene rings is 2. The van der Waals surface area contributed by atoms with Gasteiger partial charge in [0.25, 0.3) is 5.91 Å². The minimum absolute atomic E-state index is 0.112. The lowest BCUT2D eigenvalue weighted by atomic mass is 10.2. The Kier molecular flexibility index (Phi) is 8.14. The molecule has 150 valence electrons. The molecule has 0 aliphatic carbocycles. The van der Waals surface area contributed by atoms with Gasteiger partial charge in [0.05, 0.1) is 34.3 Å². The van der Waals surface area contributed by atoms with Gasteiger partial charge in [-0.25, -0.2) is 0 Å². The number of carbonyl (C=O) groups is 2. The van der Waals surface area contributed by atoms with Crippen molar-refractivity contribution in [1.29, 1.82) is 0 Å². The van der Waals surface area contributed by atoms with Crippen LogP contribution in [-0.2, 0) is 9.53 Å². The van der Waals surface area contributed by atoms with E-state index in [1.54, 1.807) is 67.7 Å². The topological polar surface area (TPSA) is 74.3 Å². The second-order valence-electron chi connectivity index (χ2n) is 5.87. The lowest BCUT2D eigenvalue weighted by molar-refractivity contribution is -0.140. The van der Waals surface area contributed by atoms with E-state index in [1.807, 2.05) is 0 Å². The highest BCUT2D eigenvalue weighted by molar-refractivity contribution is 5.94. The third-order valence-corrected chi connectivity index (χ3v) is 4.13. The maximum absolute atomic E-state index is 12.8. The molecule has 0 saturated heterocycles. The van der Waals surface area contributed by atoms with E-state index in [4.69, 9.17) is 14.2 Å². The average Bonchev–Trinajstić information content (AvgIpc) is 2.75. The Morgan fingerprint density at radius 2 is 1.32 bits per heavy atom. The quantitative estimate of drug-likeness (QED) is 0.584. The second kappa shape index (κ2) is 10.8. The third-order valence-electron chi connectivity index (χ3n) is 4.13. The Labute approximate surface area is 164 Å². The Balaban J connectivity index is 2.00. The van der Waals surface area contributed by atoms with Gasteiger partial charge in [-0.15, -0.1) is 0 Å². The van der Waals surface area contributed by atoms with Crippen LogP contribution in [0.4, 0.5) is 0 Å². The predicted octanol–water partition coefficient (Wildman–Crippen LogP) is 2.79. The first-order valence-corrected chi connectivity index (χ1v) is 8.84. The van der Waals surface area contributed by atoms with Crippen LogP contribution in [0, 0.1) is 0 Å². The molecule has 0 atom stereocenters. The van der Waals surface area contributed by atoms with E-state index in [1.165, 1.54) is 7.11 Å². The fourth-order valence-corrected chi connectivity index (χ4v) is 2.51. The number of hydrogen-bond acceptors (Lipinski definition) is 6. The fraction of sp³-hybridized carbons (Fsp3) is 0.333. The van der Waals surface area contributed by atoms with Gasteiger partial charge in [0.15, 0.2) is 0 Å². The Bertz CT molecular complexity index is 757. The zero-order valence-electron chi connectivity index (χ0n) is 16.3. The Morgan fingerprint density at radius 3 is 1.86 bits per heavy atom. The molecule has 7 nitrogen and oxygen atoms in total. The molecule has 0 saturated carbocycles. The molecule has 0 unspecified atom stereocenters. The van der Waals surface area contributed by atoms with Crippen LogP contribution >= 0.6 is 0 Å². The average molecular weight is 387 g/mol. The lowest BCUT2D eigenvalue weighted by Gasteiger charge is -2.22. The van der Waals surface area contributed by atoms with E-state index in [9.17, 15) is 9.59 Å². The van der Waals surface area contributed by atoms with Crippen molar-refractivity contribution in [1.82, 2.24) is 4.90 Å². The number of amides is 1. The van der Waals surface area contributed by atoms with Crippen LogP contribution in [0.1, 0.15) is 16.8 Å². The molecule has 2 aromatic carbocycles. The van der Waals surface area contributed by atoms with Gasteiger partial charge in [-0.05, 0) is 48.5 Å². The molecule has 0 heterocycles. The van der Waals surface area contributed by atoms with E-state index >= 15 is 0 Å². The number of carbonyl (C=O) groups excluding carboxylic acids is 2. The van der Waals surface area contributed by atoms with Crippen LogP contribution in [0.25, 0.3) is 0 Å². The summed E-state index contributed by atoms with van der Waals surface area (Å²) in [5.41, 5.74) is 0.509. The molecule has 0 radical (unpaired) electrons. The molecule has 2 rings (SSSR count). The number of hydrogen-bond donors (Lipinski definition) is 0. The highest BCUT2D eigenvalue weighted by atomic mass is 16.5. The Morgan fingerprint density at radius 1 is 0.786 bits per heavy atom. The monoisotopic (exact) mass is 387 g/mol. The van der Waals surface area contributed by atoms with Crippen LogP contribution in [0.2, 0.25) is 0 Å². The molecular weight excluding hydrogens is 362 g/mol. The van der Waals surface area contributed by atoms with Crippen molar-refractivity contribution in [2.75, 3.05) is 41.0 Å². The molecule has 7 heteroatoms. The molecule has 0 fully saturated rings. The van der Waals surface area contributed by atoms with Crippen LogP contribution in [0.5, 0.6) is 17.2 Å². The van der Waals surface area contributed by atoms with Crippen LogP contribution in [0.3, 0.4) is 0 Å². The van der Waals surface area contributed by atoms with Crippen molar-refractivity contribution in [3.05, 3.63) is 54.1 Å². The van der Waals surface area contributed by atoms with Crippen molar-refractivity contribution in [3.63, 3.8) is 0 Å². The summed E-state index contributed by atoms with van der Waals surface area (Å²) in [6, 6.07) is 14.0. The highest BCUT2D eigenvalue weighted by Gasteiger charge is 2.17. The fourth-order valence-electron chi connectivity index (χ4n) is 2.51. The van der Waals surface area contributed by atoms with Gasteiger partial charge in [0, 0.05) is 12.1 Å². The highest BCUT2D eigenvalue weighted by Crippen LogP contribution is 2.17. The molecule has 1 amide bonds. The summed E-state index contributed by atoms with van der Waals surface area (Å²) >= 11 is 0. The molecule has 0 N–H and O–H groups in total. The SMILES string of the molecule is COC(=O)CCN(CCOc1ccc(OC)cc1)C(=O)c1ccc(OC)cc1. The largest absolute Gasteiger partial charge is 0.497 e. The summed E-state index contributed by atoms with van der Waals surface area (Å²) in [5, 5.41) is 0. The minimum Gasteiger partial charge on any atom is -0.497 e. The number of ether oxygens (including phenoxy) is 4. The number of rotatable bonds is 10. The molecule has 0 aliphatic heterocycles. The van der Waals surface area contributed by atoms with E-state index in [-0.39, 0.29) is 31.4 Å². The van der Waals surface area contributed by atoms with Crippen molar-refractivity contribution >= 4 is 11.9 Å². The standard InChI is InChI=1S/C21H25NO6/c1-25-17-6-4-16(5-7-17)21(24)22(13-12-20(23)27-3)14-15-28-19-10-8-18(26-2)9-11-19/h4-11H,12-15H2,1-3H3. The number of nitrogens with zero attached hydrogens (tertiary/aromatic N) is 1. The van der Waals surface area contributed by atoms with E-state index in [2.05, 4.69) is 4.74 Å². The number of esters is 1. The summed E-state index contributed by atoms with van der Waals surface area (Å²) in [5.74, 6) is 1.52. The lowest BCUT2D eigenvalue weighted by Crippen LogP contribution is -2.36. The first-order valence-electron chi connectivity index (χ1n) is 8.84. The first-order chi connectivity index (χ1) is 13.6. The van der Waals surface area contributed by atoms with Crippen LogP contribution < -0.4 is 14.2 Å². The van der Waals surface area contributed by atoms with Gasteiger partial charge in [0.2, 0.25) is 0 Å². The zero-order chi connectivity index (χ0) is 20.4. The molecule has 0 aliphatic rings. The molecule has 2 aromatic rings. The van der Waals surface area contributed by atoms with E-state index in [0.717, 1.165) is 5.75 Å². The van der Waals surface area contributed by atoms with E-state index < -0.39 is 0 Å². The normalized spacial score (nSPS) is 10.1. The van der Waals surface area contributed by atoms with Crippen molar-refractivity contribution in [3.8, 4) is 17.2 Å². The molecule has 0 aromatic heterocycles. The number of methoxy groups -OCH3 is 3. The zero-order valence-corrected chi connectivity index (χ0v) is 16.3. The van der Waals surface area contributed by atoms with Gasteiger partial charge in [-0.1, -0.05) is 0 Å². The summed E-state index contributed by atoms with van der Waals surface area (Å²) in [6.45, 7) is 0.854. The molecule has 0 bridgehead atoms. The van der Waals surface area contributed by atoms with Gasteiger partial charge < -0.3 is 23.8 Å². The maximum atomic E-state index is 12.8. The molecule has 0 spiro atoms. The van der Waals surface area contributed by atoms with Gasteiger partial charge in [-0.3, -0.25) is 9.59 Å². The van der Waals surface area contributed by atoms with Gasteiger partial charge >= 0.3 is 5.97 Å². The summed E-state index contributed by atoms with van der Waals surface area (Å²) < 4.78 is 20.6. The third kappa shape index (κ3) is 6.19. The van der Waals surface area contributed by atoms with Crippen molar-refractivity contribution in [2.24, 2.45) is 0 Å². The van der Waals surface area contributed by atoms with Crippen LogP contribution in [-0.4, -0.2) is 57.8 Å². The van der Waals surface area contributed by atoms with Crippen molar-refractivity contribution < 1.29 is 28.5 Å². The molecular formula is C21H25NO6. The van der Waals surface area contributed by atoms with Gasteiger partial charge in [-0.2, -0.15) is 0 Å². The van der Waals surface area contributed by atoms with Crippen molar-refractivity contribution in [2.45, 2.75) is 6.42 Å². The first kappa shape index (κ1) is 21.1. The predicted molar refractivity (Wildman–Crippen MR) is 104 cm³/mol. The van der Waals surface area contributed by atoms with Crippen LogP contribution in [0.15, 0.2) is 48.5 Å². The summed E-state index contributed by atoms with van der Waals surface area (Å²) in [7, 11) is 4.49. The molecule has 28 heavy (non-hydrogen) atoms. The summed E-state index contributed by atoms with van der Waals surface area (Å²) in [6.07, 6.45) is 0.112. The minimum atomic E-state index is -0.372. The second-order valence-corrected chi connectivity index (χ2v) is 5.87.